The van der Waals surface area contributed by atoms with Crippen LogP contribution in [0, 0.1) is 5.82 Å². The van der Waals surface area contributed by atoms with Crippen LogP contribution in [-0.2, 0) is 6.54 Å². The third-order valence-electron chi connectivity index (χ3n) is 6.32. The van der Waals surface area contributed by atoms with Crippen LogP contribution in [0.2, 0.25) is 0 Å². The lowest BCUT2D eigenvalue weighted by molar-refractivity contribution is -0.658. The van der Waals surface area contributed by atoms with Crippen molar-refractivity contribution in [3.8, 4) is 0 Å². The van der Waals surface area contributed by atoms with Crippen molar-refractivity contribution in [3.63, 3.8) is 0 Å². The third kappa shape index (κ3) is 4.36. The van der Waals surface area contributed by atoms with Crippen molar-refractivity contribution in [2.75, 3.05) is 0 Å². The number of benzene rings is 4. The number of carbonyl (C=O) groups excluding carboxylic acids is 1. The van der Waals surface area contributed by atoms with E-state index >= 15 is 0 Å². The van der Waals surface area contributed by atoms with Gasteiger partial charge in [0.15, 0.2) is 29.4 Å². The number of carbonyl (C=O) groups is 1. The molecule has 0 saturated heterocycles. The molecule has 0 bridgehead atoms. The topological polar surface area (TPSA) is 39.0 Å². The van der Waals surface area contributed by atoms with Crippen LogP contribution in [0.4, 0.5) is 4.39 Å². The first kappa shape index (κ1) is 23.7. The second-order valence-corrected chi connectivity index (χ2v) is 8.57. The average molecular weight is 541 g/mol. The molecule has 2 aromatic heterocycles. The Hall–Kier alpha value is -4.03. The number of hydrogen-bond donors (Lipinski definition) is 0. The van der Waals surface area contributed by atoms with Gasteiger partial charge in [0.2, 0.25) is 12.1 Å². The van der Waals surface area contributed by atoms with E-state index < -0.39 is 0 Å². The fourth-order valence-corrected chi connectivity index (χ4v) is 4.65. The van der Waals surface area contributed by atoms with Gasteiger partial charge in [-0.05, 0) is 48.5 Å². The molecule has 0 fully saturated rings. The summed E-state index contributed by atoms with van der Waals surface area (Å²) in [4.78, 5) is 13.0. The summed E-state index contributed by atoms with van der Waals surface area (Å²) in [5, 5.41) is 1.04. The Morgan fingerprint density at radius 2 is 1.56 bits per heavy atom. The Bertz CT molecular complexity index is 1620. The van der Waals surface area contributed by atoms with E-state index in [9.17, 15) is 9.18 Å². The molecule has 4 nitrogen and oxygen atoms in total. The summed E-state index contributed by atoms with van der Waals surface area (Å²) in [6.07, 6.45) is 1.97. The van der Waals surface area contributed by atoms with E-state index in [-0.39, 0.29) is 41.2 Å². The van der Waals surface area contributed by atoms with Crippen LogP contribution < -0.4 is 21.5 Å². The molecule has 0 aliphatic carbocycles. The number of rotatable bonds is 6. The van der Waals surface area contributed by atoms with Crippen molar-refractivity contribution >= 4 is 27.8 Å². The monoisotopic (exact) mass is 540 g/mol. The summed E-state index contributed by atoms with van der Waals surface area (Å²) in [6, 6.07) is 33.7. The molecule has 2 heterocycles. The molecule has 0 spiro atoms. The van der Waals surface area contributed by atoms with E-state index in [4.69, 9.17) is 4.42 Å². The molecule has 1 atom stereocenters. The van der Waals surface area contributed by atoms with Crippen LogP contribution in [0.3, 0.4) is 0 Å². The minimum absolute atomic E-state index is 0. The molecule has 0 aliphatic heterocycles. The van der Waals surface area contributed by atoms with Crippen molar-refractivity contribution in [2.45, 2.75) is 12.6 Å². The normalized spacial score (nSPS) is 11.9. The van der Waals surface area contributed by atoms with E-state index in [1.54, 1.807) is 0 Å². The number of fused-ring (bicyclic) bond motifs is 2. The first-order valence-corrected chi connectivity index (χ1v) is 11.5. The van der Waals surface area contributed by atoms with Crippen molar-refractivity contribution in [1.29, 1.82) is 0 Å². The quantitative estimate of drug-likeness (QED) is 0.240. The van der Waals surface area contributed by atoms with Crippen LogP contribution >= 0.6 is 0 Å². The number of furan rings is 1. The average Bonchev–Trinajstić information content (AvgIpc) is 3.47. The lowest BCUT2D eigenvalue weighted by Gasteiger charge is -2.12. The minimum atomic E-state index is -0.359. The van der Waals surface area contributed by atoms with Crippen molar-refractivity contribution in [2.24, 2.45) is 0 Å². The molecule has 1 unspecified atom stereocenters. The first-order chi connectivity index (χ1) is 17.2. The summed E-state index contributed by atoms with van der Waals surface area (Å²) >= 11 is 0. The van der Waals surface area contributed by atoms with Crippen molar-refractivity contribution < 1.29 is 35.2 Å². The molecule has 36 heavy (non-hydrogen) atoms. The Kier molecular flexibility index (Phi) is 6.53. The van der Waals surface area contributed by atoms with E-state index in [2.05, 4.69) is 22.8 Å². The van der Waals surface area contributed by atoms with Gasteiger partial charge < -0.3 is 21.4 Å². The van der Waals surface area contributed by atoms with Crippen LogP contribution in [-0.4, -0.2) is 10.4 Å². The van der Waals surface area contributed by atoms with E-state index in [0.717, 1.165) is 33.3 Å². The van der Waals surface area contributed by atoms with Crippen LogP contribution in [0.25, 0.3) is 22.0 Å². The summed E-state index contributed by atoms with van der Waals surface area (Å²) in [5.74, 6) is 0.371. The number of imidazole rings is 1. The Balaban J connectivity index is 0.00000267. The molecule has 6 rings (SSSR count). The maximum atomic E-state index is 13.3. The largest absolute Gasteiger partial charge is 1.00 e. The summed E-state index contributed by atoms with van der Waals surface area (Å²) < 4.78 is 23.8. The molecule has 0 saturated carbocycles. The minimum Gasteiger partial charge on any atom is -1.00 e. The van der Waals surface area contributed by atoms with E-state index in [1.165, 1.54) is 24.3 Å². The molecular formula is C30H22BrFN2O2. The van der Waals surface area contributed by atoms with Gasteiger partial charge in [-0.15, -0.1) is 0 Å². The van der Waals surface area contributed by atoms with Gasteiger partial charge >= 0.3 is 0 Å². The van der Waals surface area contributed by atoms with Crippen molar-refractivity contribution in [1.82, 2.24) is 4.57 Å². The summed E-state index contributed by atoms with van der Waals surface area (Å²) in [7, 11) is 0. The molecule has 0 N–H and O–H groups in total. The maximum absolute atomic E-state index is 13.3. The molecule has 6 heteroatoms. The van der Waals surface area contributed by atoms with Gasteiger partial charge in [0, 0.05) is 16.5 Å². The fraction of sp³-hybridized carbons (Fsp3) is 0.0667. The molecular weight excluding hydrogens is 519 g/mol. The number of aromatic nitrogens is 2. The van der Waals surface area contributed by atoms with E-state index in [1.807, 2.05) is 77.6 Å². The second kappa shape index (κ2) is 9.91. The molecule has 178 valence electrons. The van der Waals surface area contributed by atoms with Gasteiger partial charge in [-0.1, -0.05) is 60.7 Å². The first-order valence-electron chi connectivity index (χ1n) is 11.5. The fourth-order valence-electron chi connectivity index (χ4n) is 4.65. The molecule has 6 aromatic rings. The van der Waals surface area contributed by atoms with Crippen LogP contribution in [0.1, 0.15) is 27.7 Å². The molecule has 0 amide bonds. The predicted molar refractivity (Wildman–Crippen MR) is 133 cm³/mol. The lowest BCUT2D eigenvalue weighted by Crippen LogP contribution is -3.00. The van der Waals surface area contributed by atoms with Gasteiger partial charge in [-0.3, -0.25) is 4.79 Å². The third-order valence-corrected chi connectivity index (χ3v) is 6.32. The van der Waals surface area contributed by atoms with Crippen LogP contribution in [0.15, 0.2) is 120 Å². The van der Waals surface area contributed by atoms with Gasteiger partial charge in [0.25, 0.3) is 0 Å². The predicted octanol–water partition coefficient (Wildman–Crippen LogP) is 3.34. The smallest absolute Gasteiger partial charge is 0.246 e. The second-order valence-electron chi connectivity index (χ2n) is 8.57. The molecule has 0 radical (unpaired) electrons. The number of para-hydroxylation sites is 3. The Morgan fingerprint density at radius 1 is 0.861 bits per heavy atom. The Labute approximate surface area is 218 Å². The molecule has 0 aliphatic rings. The van der Waals surface area contributed by atoms with Gasteiger partial charge in [0.05, 0.1) is 0 Å². The number of ketones is 1. The highest BCUT2D eigenvalue weighted by atomic mass is 79.9. The molecule has 4 aromatic carbocycles. The zero-order valence-corrected chi connectivity index (χ0v) is 20.8. The van der Waals surface area contributed by atoms with Gasteiger partial charge in [0.1, 0.15) is 11.4 Å². The standard InChI is InChI=1S/C30H22FN2O2.BrH/c31-24-16-14-21(15-17-24)27(34)19-32-20-33(26-12-6-5-11-25(26)32)30(22-8-2-1-3-9-22)29-18-23-10-4-7-13-28(23)35-29;/h1-18,20,30H,19H2;1H/q+1;/p-1. The zero-order valence-electron chi connectivity index (χ0n) is 19.2. The van der Waals surface area contributed by atoms with Gasteiger partial charge in [-0.25, -0.2) is 13.5 Å². The highest BCUT2D eigenvalue weighted by Crippen LogP contribution is 2.33. The number of hydrogen-bond acceptors (Lipinski definition) is 2. The number of halogens is 2. The highest BCUT2D eigenvalue weighted by molar-refractivity contribution is 5.95. The van der Waals surface area contributed by atoms with Crippen molar-refractivity contribution in [3.05, 3.63) is 138 Å². The SMILES string of the molecule is O=C(C[n+]1cn(C(c2ccccc2)c2cc3ccccc3o2)c2ccccc21)c1ccc(F)cc1.[Br-]. The maximum Gasteiger partial charge on any atom is 0.246 e. The Morgan fingerprint density at radius 3 is 2.33 bits per heavy atom. The highest BCUT2D eigenvalue weighted by Gasteiger charge is 2.29. The summed E-state index contributed by atoms with van der Waals surface area (Å²) in [5.41, 5.74) is 4.30. The number of Topliss-reactive ketones (excluding diaryl/α,β-unsaturated/α-hetero) is 1. The van der Waals surface area contributed by atoms with E-state index in [0.29, 0.717) is 5.56 Å². The number of nitrogens with zero attached hydrogens (tertiary/aromatic N) is 2. The van der Waals surface area contributed by atoms with Gasteiger partial charge in [-0.2, -0.15) is 0 Å². The summed E-state index contributed by atoms with van der Waals surface area (Å²) in [6.45, 7) is 0.140. The zero-order chi connectivity index (χ0) is 23.8. The lowest BCUT2D eigenvalue weighted by atomic mass is 10.0. The van der Waals surface area contributed by atoms with Crippen LogP contribution in [0.5, 0.6) is 0 Å².